The van der Waals surface area contributed by atoms with Gasteiger partial charge in [-0.3, -0.25) is 14.9 Å². The van der Waals surface area contributed by atoms with Gasteiger partial charge < -0.3 is 10.1 Å². The first-order valence-electron chi connectivity index (χ1n) is 6.49. The Morgan fingerprint density at radius 2 is 2.09 bits per heavy atom. The van der Waals surface area contributed by atoms with E-state index < -0.39 is 4.92 Å². The van der Waals surface area contributed by atoms with Gasteiger partial charge in [0.15, 0.2) is 6.61 Å². The number of anilines is 1. The highest BCUT2D eigenvalue weighted by Crippen LogP contribution is 2.26. The molecule has 120 valence electrons. The number of nitrogens with one attached hydrogen (secondary N) is 1. The lowest BCUT2D eigenvalue weighted by molar-refractivity contribution is -0.384. The average Bonchev–Trinajstić information content (AvgIpc) is 2.48. The molecular weight excluding hydrogens is 388 g/mol. The number of nitro groups is 1. The van der Waals surface area contributed by atoms with Crippen molar-refractivity contribution >= 4 is 44.8 Å². The molecule has 0 aliphatic carbocycles. The van der Waals surface area contributed by atoms with Crippen molar-refractivity contribution in [1.29, 1.82) is 0 Å². The van der Waals surface area contributed by atoms with E-state index in [4.69, 9.17) is 16.3 Å². The fourth-order valence-electron chi connectivity index (χ4n) is 1.83. The van der Waals surface area contributed by atoms with Crippen molar-refractivity contribution in [3.05, 3.63) is 61.6 Å². The van der Waals surface area contributed by atoms with Crippen LogP contribution < -0.4 is 10.1 Å². The summed E-state index contributed by atoms with van der Waals surface area (Å²) in [6, 6.07) is 9.26. The Labute approximate surface area is 145 Å². The van der Waals surface area contributed by atoms with Crippen LogP contribution in [-0.4, -0.2) is 17.4 Å². The number of non-ortho nitro benzene ring substituents is 1. The van der Waals surface area contributed by atoms with Gasteiger partial charge in [0, 0.05) is 16.6 Å². The third-order valence-electron chi connectivity index (χ3n) is 2.93. The van der Waals surface area contributed by atoms with E-state index in [0.29, 0.717) is 22.0 Å². The van der Waals surface area contributed by atoms with Crippen LogP contribution in [0.5, 0.6) is 5.75 Å². The van der Waals surface area contributed by atoms with Gasteiger partial charge in [0.2, 0.25) is 0 Å². The number of ether oxygens (including phenoxy) is 1. The van der Waals surface area contributed by atoms with E-state index in [1.54, 1.807) is 25.1 Å². The van der Waals surface area contributed by atoms with Crippen LogP contribution in [-0.2, 0) is 4.79 Å². The third kappa shape index (κ3) is 4.67. The van der Waals surface area contributed by atoms with Gasteiger partial charge in [-0.25, -0.2) is 0 Å². The molecule has 0 unspecified atom stereocenters. The molecule has 0 aromatic heterocycles. The average molecular weight is 400 g/mol. The van der Waals surface area contributed by atoms with Gasteiger partial charge in [0.05, 0.1) is 15.6 Å². The van der Waals surface area contributed by atoms with Crippen LogP contribution in [0.15, 0.2) is 40.9 Å². The predicted octanol–water partition coefficient (Wildman–Crippen LogP) is 4.34. The second-order valence-electron chi connectivity index (χ2n) is 4.67. The number of benzene rings is 2. The molecule has 1 N–H and O–H groups in total. The molecule has 2 rings (SSSR count). The smallest absolute Gasteiger partial charge is 0.269 e. The van der Waals surface area contributed by atoms with Crippen LogP contribution >= 0.6 is 27.5 Å². The summed E-state index contributed by atoms with van der Waals surface area (Å²) in [7, 11) is 0. The molecular formula is C15H12BrClN2O4. The van der Waals surface area contributed by atoms with Gasteiger partial charge in [0.1, 0.15) is 5.75 Å². The van der Waals surface area contributed by atoms with Gasteiger partial charge in [0.25, 0.3) is 11.6 Å². The zero-order valence-corrected chi connectivity index (χ0v) is 14.3. The van der Waals surface area contributed by atoms with Crippen LogP contribution in [0.3, 0.4) is 0 Å². The van der Waals surface area contributed by atoms with E-state index in [1.165, 1.54) is 18.2 Å². The van der Waals surface area contributed by atoms with E-state index in [9.17, 15) is 14.9 Å². The quantitative estimate of drug-likeness (QED) is 0.599. The summed E-state index contributed by atoms with van der Waals surface area (Å²) in [4.78, 5) is 22.1. The molecule has 0 saturated heterocycles. The Kier molecular flexibility index (Phi) is 5.57. The SMILES string of the molecule is Cc1cc([N+](=O)[O-])ccc1OCC(=O)Nc1ccc(Br)cc1Cl. The molecule has 0 radical (unpaired) electrons. The second kappa shape index (κ2) is 7.43. The Morgan fingerprint density at radius 3 is 2.70 bits per heavy atom. The minimum atomic E-state index is -0.487. The molecule has 2 aromatic carbocycles. The molecule has 1 amide bonds. The zero-order chi connectivity index (χ0) is 17.0. The number of hydrogen-bond donors (Lipinski definition) is 1. The molecule has 0 atom stereocenters. The number of hydrogen-bond acceptors (Lipinski definition) is 4. The fraction of sp³-hybridized carbons (Fsp3) is 0.133. The molecule has 0 aliphatic heterocycles. The van der Waals surface area contributed by atoms with Crippen molar-refractivity contribution < 1.29 is 14.5 Å². The number of halogens is 2. The van der Waals surface area contributed by atoms with Gasteiger partial charge in [-0.1, -0.05) is 27.5 Å². The number of nitro benzene ring substituents is 1. The van der Waals surface area contributed by atoms with Crippen molar-refractivity contribution in [2.24, 2.45) is 0 Å². The molecule has 0 bridgehead atoms. The lowest BCUT2D eigenvalue weighted by atomic mass is 10.2. The van der Waals surface area contributed by atoms with Crippen LogP contribution in [0.4, 0.5) is 11.4 Å². The maximum Gasteiger partial charge on any atom is 0.269 e. The number of carbonyl (C=O) groups is 1. The molecule has 0 aliphatic rings. The van der Waals surface area contributed by atoms with Gasteiger partial charge in [-0.2, -0.15) is 0 Å². The Bertz CT molecular complexity index is 767. The highest BCUT2D eigenvalue weighted by atomic mass is 79.9. The monoisotopic (exact) mass is 398 g/mol. The molecule has 6 nitrogen and oxygen atoms in total. The highest BCUT2D eigenvalue weighted by Gasteiger charge is 2.11. The first-order valence-corrected chi connectivity index (χ1v) is 7.66. The summed E-state index contributed by atoms with van der Waals surface area (Å²) in [5.41, 5.74) is 1.03. The molecule has 23 heavy (non-hydrogen) atoms. The van der Waals surface area contributed by atoms with Gasteiger partial charge >= 0.3 is 0 Å². The van der Waals surface area contributed by atoms with E-state index in [1.807, 2.05) is 0 Å². The van der Waals surface area contributed by atoms with Gasteiger partial charge in [-0.05, 0) is 36.8 Å². The van der Waals surface area contributed by atoms with Crippen molar-refractivity contribution in [3.63, 3.8) is 0 Å². The first-order chi connectivity index (χ1) is 10.9. The minimum Gasteiger partial charge on any atom is -0.483 e. The summed E-state index contributed by atoms with van der Waals surface area (Å²) < 4.78 is 6.19. The highest BCUT2D eigenvalue weighted by molar-refractivity contribution is 9.10. The number of amides is 1. The summed E-state index contributed by atoms with van der Waals surface area (Å²) in [6.07, 6.45) is 0. The maximum atomic E-state index is 11.9. The lowest BCUT2D eigenvalue weighted by Crippen LogP contribution is -2.20. The number of carbonyl (C=O) groups excluding carboxylic acids is 1. The standard InChI is InChI=1S/C15H12BrClN2O4/c1-9-6-11(19(21)22)3-5-14(9)23-8-15(20)18-13-4-2-10(16)7-12(13)17/h2-7H,8H2,1H3,(H,18,20). The number of aryl methyl sites for hydroxylation is 1. The van der Waals surface area contributed by atoms with E-state index in [0.717, 1.165) is 4.47 Å². The number of rotatable bonds is 5. The van der Waals surface area contributed by atoms with Crippen molar-refractivity contribution in [2.75, 3.05) is 11.9 Å². The normalized spacial score (nSPS) is 10.2. The fourth-order valence-corrected chi connectivity index (χ4v) is 2.55. The second-order valence-corrected chi connectivity index (χ2v) is 5.99. The minimum absolute atomic E-state index is 0.0269. The van der Waals surface area contributed by atoms with E-state index in [2.05, 4.69) is 21.2 Å². The molecule has 8 heteroatoms. The van der Waals surface area contributed by atoms with Crippen molar-refractivity contribution in [1.82, 2.24) is 0 Å². The van der Waals surface area contributed by atoms with Crippen LogP contribution in [0.25, 0.3) is 0 Å². The Balaban J connectivity index is 1.98. The molecule has 0 saturated carbocycles. The summed E-state index contributed by atoms with van der Waals surface area (Å²) in [5.74, 6) is 0.0274. The van der Waals surface area contributed by atoms with E-state index in [-0.39, 0.29) is 18.2 Å². The molecule has 0 spiro atoms. The predicted molar refractivity (Wildman–Crippen MR) is 91.1 cm³/mol. The molecule has 2 aromatic rings. The number of nitrogens with zero attached hydrogens (tertiary/aromatic N) is 1. The molecule has 0 fully saturated rings. The third-order valence-corrected chi connectivity index (χ3v) is 3.74. The largest absolute Gasteiger partial charge is 0.483 e. The van der Waals surface area contributed by atoms with Gasteiger partial charge in [-0.15, -0.1) is 0 Å². The van der Waals surface area contributed by atoms with Crippen molar-refractivity contribution in [2.45, 2.75) is 6.92 Å². The van der Waals surface area contributed by atoms with E-state index >= 15 is 0 Å². The maximum absolute atomic E-state index is 11.9. The summed E-state index contributed by atoms with van der Waals surface area (Å²) in [6.45, 7) is 1.44. The Hall–Kier alpha value is -2.12. The van der Waals surface area contributed by atoms with Crippen LogP contribution in [0.1, 0.15) is 5.56 Å². The Morgan fingerprint density at radius 1 is 1.35 bits per heavy atom. The van der Waals surface area contributed by atoms with Crippen molar-refractivity contribution in [3.8, 4) is 5.75 Å². The summed E-state index contributed by atoms with van der Waals surface area (Å²) in [5, 5.41) is 13.7. The topological polar surface area (TPSA) is 81.5 Å². The van der Waals surface area contributed by atoms with Crippen LogP contribution in [0.2, 0.25) is 5.02 Å². The first kappa shape index (κ1) is 17.2. The zero-order valence-electron chi connectivity index (χ0n) is 12.0. The van der Waals surface area contributed by atoms with Crippen LogP contribution in [0, 0.1) is 17.0 Å². The lowest BCUT2D eigenvalue weighted by Gasteiger charge is -2.10. The summed E-state index contributed by atoms with van der Waals surface area (Å²) >= 11 is 9.29. The molecule has 0 heterocycles.